The van der Waals surface area contributed by atoms with E-state index >= 15 is 0 Å². The molecule has 0 heterocycles. The first-order valence-electron chi connectivity index (χ1n) is 29.4. The van der Waals surface area contributed by atoms with Crippen LogP contribution < -0.4 is 0 Å². The quantitative estimate of drug-likeness (QED) is 0.0211. The van der Waals surface area contributed by atoms with E-state index in [2.05, 4.69) is 62.5 Å². The van der Waals surface area contributed by atoms with Gasteiger partial charge in [0, 0.05) is 12.8 Å². The number of carbonyl (C=O) groups is 2. The van der Waals surface area contributed by atoms with Crippen molar-refractivity contribution in [2.24, 2.45) is 0 Å². The lowest BCUT2D eigenvalue weighted by molar-refractivity contribution is -0.870. The number of rotatable bonds is 54. The number of phosphoric ester groups is 1. The second-order valence-corrected chi connectivity index (χ2v) is 22.5. The zero-order valence-corrected chi connectivity index (χ0v) is 47.4. The molecule has 2 atom stereocenters. The molecule has 0 saturated carbocycles. The van der Waals surface area contributed by atoms with Gasteiger partial charge in [-0.05, 0) is 77.0 Å². The number of ether oxygens (including phenoxy) is 2. The summed E-state index contributed by atoms with van der Waals surface area (Å²) in [5.74, 6) is -0.889. The van der Waals surface area contributed by atoms with Gasteiger partial charge in [0.25, 0.3) is 0 Å². The largest absolute Gasteiger partial charge is 0.472 e. The summed E-state index contributed by atoms with van der Waals surface area (Å²) < 4.78 is 34.5. The molecule has 410 valence electrons. The molecule has 9 nitrogen and oxygen atoms in total. The van der Waals surface area contributed by atoms with Crippen molar-refractivity contribution in [3.05, 3.63) is 48.6 Å². The van der Waals surface area contributed by atoms with Crippen molar-refractivity contribution in [1.82, 2.24) is 0 Å². The summed E-state index contributed by atoms with van der Waals surface area (Å²) >= 11 is 0. The molecule has 0 aliphatic heterocycles. The highest BCUT2D eigenvalue weighted by Crippen LogP contribution is 2.43. The van der Waals surface area contributed by atoms with Crippen molar-refractivity contribution in [3.8, 4) is 0 Å². The van der Waals surface area contributed by atoms with E-state index in [4.69, 9.17) is 18.5 Å². The van der Waals surface area contributed by atoms with Crippen LogP contribution in [-0.4, -0.2) is 74.9 Å². The zero-order chi connectivity index (χ0) is 51.3. The number of unbranched alkanes of at least 4 members (excludes halogenated alkanes) is 32. The standard InChI is InChI=1S/C60H112NO8P/c1-6-8-10-12-14-16-18-20-22-24-26-28-30-32-34-36-38-40-42-44-46-48-50-52-59(62)66-56-58(57-68-70(64,65)67-55-54-61(3,4)5)69-60(63)53-51-49-47-45-43-41-39-37-35-33-31-29-27-25-23-21-19-17-15-13-11-9-7-2/h36-39,44-47,58H,6-35,40-43,48-57H2,1-5H3/p+1/b38-36+,39-37+,46-44+,47-45+/t58-/m1/s1. The Balaban J connectivity index is 4.26. The van der Waals surface area contributed by atoms with Crippen LogP contribution in [0.1, 0.15) is 271 Å². The van der Waals surface area contributed by atoms with Crippen molar-refractivity contribution < 1.29 is 42.1 Å². The topological polar surface area (TPSA) is 108 Å². The lowest BCUT2D eigenvalue weighted by Crippen LogP contribution is -2.37. The van der Waals surface area contributed by atoms with Gasteiger partial charge in [-0.25, -0.2) is 4.57 Å². The Kier molecular flexibility index (Phi) is 50.4. The first kappa shape index (κ1) is 68.0. The third-order valence-electron chi connectivity index (χ3n) is 12.8. The molecular weight excluding hydrogens is 894 g/mol. The predicted molar refractivity (Wildman–Crippen MR) is 298 cm³/mol. The summed E-state index contributed by atoms with van der Waals surface area (Å²) in [5, 5.41) is 0. The molecule has 0 bridgehead atoms. The summed E-state index contributed by atoms with van der Waals surface area (Å²) in [6.07, 6.45) is 65.0. The van der Waals surface area contributed by atoms with Crippen LogP contribution in [0.2, 0.25) is 0 Å². The smallest absolute Gasteiger partial charge is 0.462 e. The number of hydrogen-bond donors (Lipinski definition) is 1. The molecule has 0 amide bonds. The zero-order valence-electron chi connectivity index (χ0n) is 46.5. The summed E-state index contributed by atoms with van der Waals surface area (Å²) in [4.78, 5) is 35.6. The van der Waals surface area contributed by atoms with Crippen molar-refractivity contribution in [2.75, 3.05) is 47.5 Å². The van der Waals surface area contributed by atoms with Crippen molar-refractivity contribution >= 4 is 19.8 Å². The first-order valence-corrected chi connectivity index (χ1v) is 30.9. The maximum absolute atomic E-state index is 12.8. The van der Waals surface area contributed by atoms with Crippen LogP contribution >= 0.6 is 7.82 Å². The molecule has 0 spiro atoms. The maximum Gasteiger partial charge on any atom is 0.472 e. The summed E-state index contributed by atoms with van der Waals surface area (Å²) in [6.45, 7) is 4.39. The number of esters is 2. The van der Waals surface area contributed by atoms with Gasteiger partial charge in [0.05, 0.1) is 27.7 Å². The van der Waals surface area contributed by atoms with Crippen LogP contribution in [0.15, 0.2) is 48.6 Å². The highest BCUT2D eigenvalue weighted by molar-refractivity contribution is 7.47. The number of carbonyl (C=O) groups excluding carboxylic acids is 2. The molecule has 0 radical (unpaired) electrons. The summed E-state index contributed by atoms with van der Waals surface area (Å²) in [6, 6.07) is 0. The van der Waals surface area contributed by atoms with Gasteiger partial charge in [-0.3, -0.25) is 18.6 Å². The van der Waals surface area contributed by atoms with Crippen molar-refractivity contribution in [2.45, 2.75) is 277 Å². The molecule has 0 aliphatic rings. The van der Waals surface area contributed by atoms with Gasteiger partial charge < -0.3 is 18.9 Å². The summed E-state index contributed by atoms with van der Waals surface area (Å²) in [5.41, 5.74) is 0. The number of nitrogens with zero attached hydrogens (tertiary/aromatic N) is 1. The molecule has 0 saturated heterocycles. The van der Waals surface area contributed by atoms with Crippen molar-refractivity contribution in [3.63, 3.8) is 0 Å². The highest BCUT2D eigenvalue weighted by atomic mass is 31.2. The van der Waals surface area contributed by atoms with E-state index in [1.54, 1.807) is 0 Å². The molecule has 1 unspecified atom stereocenters. The second kappa shape index (κ2) is 51.9. The number of likely N-dealkylation sites (N-methyl/N-ethyl adjacent to an activating group) is 1. The average Bonchev–Trinajstić information content (AvgIpc) is 3.32. The number of allylic oxidation sites excluding steroid dienone is 8. The molecule has 0 aromatic rings. The van der Waals surface area contributed by atoms with E-state index in [0.29, 0.717) is 23.9 Å². The van der Waals surface area contributed by atoms with Gasteiger partial charge in [0.1, 0.15) is 19.8 Å². The van der Waals surface area contributed by atoms with Crippen LogP contribution in [0.3, 0.4) is 0 Å². The molecule has 0 aromatic heterocycles. The molecule has 0 rings (SSSR count). The van der Waals surface area contributed by atoms with Crippen molar-refractivity contribution in [1.29, 1.82) is 0 Å². The minimum atomic E-state index is -4.40. The molecule has 10 heteroatoms. The Hall–Kier alpha value is -2.03. The SMILES string of the molecule is CCCCCCCCCCCCCCCC/C=C/CC/C=C/CCCC(=O)OC[C@H](COP(=O)(O)OCC[N+](C)(C)C)OC(=O)CCC/C=C/CC/C=C/CCCCCCCCCCCCCCCC. The molecule has 70 heavy (non-hydrogen) atoms. The van der Waals surface area contributed by atoms with Crippen LogP contribution in [0.25, 0.3) is 0 Å². The third-order valence-corrected chi connectivity index (χ3v) is 13.8. The average molecular weight is 1010 g/mol. The highest BCUT2D eigenvalue weighted by Gasteiger charge is 2.27. The Labute approximate surface area is 433 Å². The van der Waals surface area contributed by atoms with Gasteiger partial charge in [-0.1, -0.05) is 229 Å². The number of hydrogen-bond acceptors (Lipinski definition) is 7. The molecule has 0 aliphatic carbocycles. The van der Waals surface area contributed by atoms with Crippen LogP contribution in [0, 0.1) is 0 Å². The Morgan fingerprint density at radius 3 is 1.10 bits per heavy atom. The van der Waals surface area contributed by atoms with E-state index in [1.807, 2.05) is 21.1 Å². The first-order chi connectivity index (χ1) is 34.0. The second-order valence-electron chi connectivity index (χ2n) is 21.0. The fourth-order valence-electron chi connectivity index (χ4n) is 8.23. The fraction of sp³-hybridized carbons (Fsp3) is 0.833. The normalized spacial score (nSPS) is 13.6. The van der Waals surface area contributed by atoms with Gasteiger partial charge in [0.2, 0.25) is 0 Å². The third kappa shape index (κ3) is 55.3. The fourth-order valence-corrected chi connectivity index (χ4v) is 8.97. The molecule has 0 fully saturated rings. The maximum atomic E-state index is 12.8. The molecular formula is C60H113NO8P+. The van der Waals surface area contributed by atoms with E-state index in [0.717, 1.165) is 51.4 Å². The van der Waals surface area contributed by atoms with E-state index in [9.17, 15) is 19.0 Å². The number of quaternary nitrogens is 1. The monoisotopic (exact) mass is 1010 g/mol. The Morgan fingerprint density at radius 1 is 0.429 bits per heavy atom. The molecule has 1 N–H and O–H groups in total. The van der Waals surface area contributed by atoms with Crippen LogP contribution in [-0.2, 0) is 32.7 Å². The van der Waals surface area contributed by atoms with Gasteiger partial charge in [-0.15, -0.1) is 0 Å². The predicted octanol–water partition coefficient (Wildman–Crippen LogP) is 18.1. The lowest BCUT2D eigenvalue weighted by atomic mass is 10.0. The summed E-state index contributed by atoms with van der Waals surface area (Å²) in [7, 11) is 1.44. The van der Waals surface area contributed by atoms with Crippen LogP contribution in [0.4, 0.5) is 0 Å². The lowest BCUT2D eigenvalue weighted by Gasteiger charge is -2.24. The van der Waals surface area contributed by atoms with E-state index in [-0.39, 0.29) is 26.1 Å². The van der Waals surface area contributed by atoms with Crippen LogP contribution in [0.5, 0.6) is 0 Å². The van der Waals surface area contributed by atoms with Gasteiger partial charge >= 0.3 is 19.8 Å². The minimum absolute atomic E-state index is 0.0186. The Bertz CT molecular complexity index is 1320. The minimum Gasteiger partial charge on any atom is -0.462 e. The Morgan fingerprint density at radius 2 is 0.743 bits per heavy atom. The van der Waals surface area contributed by atoms with E-state index < -0.39 is 32.5 Å². The van der Waals surface area contributed by atoms with E-state index in [1.165, 1.54) is 180 Å². The molecule has 0 aromatic carbocycles. The van der Waals surface area contributed by atoms with Gasteiger partial charge in [0.15, 0.2) is 6.10 Å². The number of phosphoric acid groups is 1. The van der Waals surface area contributed by atoms with Gasteiger partial charge in [-0.2, -0.15) is 0 Å².